The van der Waals surface area contributed by atoms with Gasteiger partial charge in [-0.2, -0.15) is 0 Å². The summed E-state index contributed by atoms with van der Waals surface area (Å²) in [5.74, 6) is 2.19. The van der Waals surface area contributed by atoms with E-state index >= 15 is 0 Å². The molecular formula is C21H24N4O2S2. The molecule has 0 radical (unpaired) electrons. The third kappa shape index (κ3) is 4.82. The molecule has 0 atom stereocenters. The fourth-order valence-corrected chi connectivity index (χ4v) is 4.88. The molecule has 2 heterocycles. The summed E-state index contributed by atoms with van der Waals surface area (Å²) in [5.41, 5.74) is 0.996. The number of rotatable bonds is 9. The lowest BCUT2D eigenvalue weighted by Crippen LogP contribution is -2.28. The predicted octanol–water partition coefficient (Wildman–Crippen LogP) is 4.02. The molecule has 29 heavy (non-hydrogen) atoms. The lowest BCUT2D eigenvalue weighted by Gasteiger charge is -2.18. The summed E-state index contributed by atoms with van der Waals surface area (Å²) < 4.78 is 7.62. The molecule has 6 nitrogen and oxygen atoms in total. The predicted molar refractivity (Wildman–Crippen MR) is 116 cm³/mol. The van der Waals surface area contributed by atoms with E-state index in [0.717, 1.165) is 41.6 Å². The minimum Gasteiger partial charge on any atom is -0.496 e. The second-order valence-corrected chi connectivity index (χ2v) is 9.08. The molecule has 4 rings (SSSR count). The number of thiophene rings is 1. The number of carbonyl (C=O) groups is 1. The van der Waals surface area contributed by atoms with Gasteiger partial charge < -0.3 is 14.2 Å². The second kappa shape index (κ2) is 9.00. The van der Waals surface area contributed by atoms with E-state index in [2.05, 4.69) is 32.3 Å². The number of methoxy groups -OCH3 is 1. The molecule has 2 aromatic heterocycles. The van der Waals surface area contributed by atoms with Gasteiger partial charge in [0.15, 0.2) is 5.16 Å². The van der Waals surface area contributed by atoms with E-state index in [4.69, 9.17) is 4.74 Å². The fraction of sp³-hybridized carbons (Fsp3) is 0.381. The van der Waals surface area contributed by atoms with Gasteiger partial charge in [-0.15, -0.1) is 21.5 Å². The number of nitrogens with zero attached hydrogens (tertiary/aromatic N) is 4. The Kier molecular flexibility index (Phi) is 6.20. The first-order valence-corrected chi connectivity index (χ1v) is 11.5. The van der Waals surface area contributed by atoms with Crippen molar-refractivity contribution >= 4 is 29.0 Å². The maximum Gasteiger partial charge on any atom is 0.233 e. The Morgan fingerprint density at radius 1 is 1.28 bits per heavy atom. The Morgan fingerprint density at radius 2 is 2.10 bits per heavy atom. The van der Waals surface area contributed by atoms with Crippen LogP contribution in [-0.2, 0) is 17.8 Å². The zero-order valence-electron chi connectivity index (χ0n) is 16.6. The first-order valence-electron chi connectivity index (χ1n) is 9.60. The van der Waals surface area contributed by atoms with Crippen molar-refractivity contribution in [3.63, 3.8) is 0 Å². The van der Waals surface area contributed by atoms with E-state index in [0.29, 0.717) is 18.3 Å². The number of thioether (sulfide) groups is 1. The van der Waals surface area contributed by atoms with Crippen LogP contribution in [0.25, 0.3) is 0 Å². The Labute approximate surface area is 178 Å². The van der Waals surface area contributed by atoms with Crippen molar-refractivity contribution in [1.29, 1.82) is 0 Å². The van der Waals surface area contributed by atoms with Crippen LogP contribution in [0.2, 0.25) is 0 Å². The van der Waals surface area contributed by atoms with Crippen LogP contribution in [-0.4, -0.2) is 45.5 Å². The summed E-state index contributed by atoms with van der Waals surface area (Å²) in [6, 6.07) is 12.4. The molecule has 0 unspecified atom stereocenters. The van der Waals surface area contributed by atoms with Crippen LogP contribution in [0, 0.1) is 0 Å². The van der Waals surface area contributed by atoms with Crippen molar-refractivity contribution in [2.45, 2.75) is 37.0 Å². The van der Waals surface area contributed by atoms with E-state index in [1.54, 1.807) is 23.3 Å². The monoisotopic (exact) mass is 428 g/mol. The Bertz CT molecular complexity index is 967. The molecule has 1 aliphatic carbocycles. The van der Waals surface area contributed by atoms with Crippen LogP contribution in [0.15, 0.2) is 46.9 Å². The second-order valence-electron chi connectivity index (χ2n) is 7.11. The number of amides is 1. The topological polar surface area (TPSA) is 60.2 Å². The van der Waals surface area contributed by atoms with Gasteiger partial charge in [-0.3, -0.25) is 4.79 Å². The van der Waals surface area contributed by atoms with Crippen molar-refractivity contribution in [2.75, 3.05) is 19.9 Å². The SMILES string of the molecule is COc1ccccc1CN(C)C(=O)CSc1nnc(Cc2cccs2)n1C1CC1. The highest BCUT2D eigenvalue weighted by Gasteiger charge is 2.30. The highest BCUT2D eigenvalue weighted by molar-refractivity contribution is 7.99. The molecule has 1 amide bonds. The molecule has 0 spiro atoms. The molecule has 3 aromatic rings. The minimum absolute atomic E-state index is 0.0612. The lowest BCUT2D eigenvalue weighted by atomic mass is 10.2. The van der Waals surface area contributed by atoms with Gasteiger partial charge in [-0.05, 0) is 30.4 Å². The highest BCUT2D eigenvalue weighted by atomic mass is 32.2. The van der Waals surface area contributed by atoms with Gasteiger partial charge in [-0.1, -0.05) is 36.0 Å². The zero-order valence-corrected chi connectivity index (χ0v) is 18.2. The van der Waals surface area contributed by atoms with Crippen LogP contribution < -0.4 is 4.74 Å². The normalized spacial score (nSPS) is 13.4. The number of para-hydroxylation sites is 1. The van der Waals surface area contributed by atoms with Crippen LogP contribution >= 0.6 is 23.1 Å². The molecule has 0 N–H and O–H groups in total. The number of aromatic nitrogens is 3. The smallest absolute Gasteiger partial charge is 0.233 e. The third-order valence-electron chi connectivity index (χ3n) is 4.91. The molecule has 1 fully saturated rings. The molecule has 0 bridgehead atoms. The minimum atomic E-state index is 0.0612. The summed E-state index contributed by atoms with van der Waals surface area (Å²) in [4.78, 5) is 15.7. The van der Waals surface area contributed by atoms with E-state index in [1.807, 2.05) is 31.3 Å². The molecule has 1 aliphatic rings. The molecule has 1 aromatic carbocycles. The van der Waals surface area contributed by atoms with Crippen molar-refractivity contribution in [2.24, 2.45) is 0 Å². The zero-order chi connectivity index (χ0) is 20.2. The first kappa shape index (κ1) is 20.0. The highest BCUT2D eigenvalue weighted by Crippen LogP contribution is 2.39. The average molecular weight is 429 g/mol. The van der Waals surface area contributed by atoms with E-state index in [1.165, 1.54) is 16.6 Å². The molecule has 8 heteroatoms. The fourth-order valence-electron chi connectivity index (χ4n) is 3.21. The van der Waals surface area contributed by atoms with E-state index < -0.39 is 0 Å². The number of benzene rings is 1. The van der Waals surface area contributed by atoms with Crippen molar-refractivity contribution < 1.29 is 9.53 Å². The van der Waals surface area contributed by atoms with Crippen molar-refractivity contribution in [1.82, 2.24) is 19.7 Å². The van der Waals surface area contributed by atoms with Crippen molar-refractivity contribution in [3.05, 3.63) is 58.0 Å². The van der Waals surface area contributed by atoms with Gasteiger partial charge in [0.1, 0.15) is 11.6 Å². The van der Waals surface area contributed by atoms with E-state index in [-0.39, 0.29) is 5.91 Å². The van der Waals surface area contributed by atoms with Gasteiger partial charge >= 0.3 is 0 Å². The largest absolute Gasteiger partial charge is 0.496 e. The van der Waals surface area contributed by atoms with Crippen LogP contribution in [0.1, 0.15) is 35.1 Å². The Morgan fingerprint density at radius 3 is 2.83 bits per heavy atom. The quantitative estimate of drug-likeness (QED) is 0.482. The average Bonchev–Trinajstić information content (AvgIpc) is 3.28. The summed E-state index contributed by atoms with van der Waals surface area (Å²) in [6.07, 6.45) is 3.11. The Hall–Kier alpha value is -2.32. The maximum atomic E-state index is 12.7. The van der Waals surface area contributed by atoms with Crippen LogP contribution in [0.5, 0.6) is 5.75 Å². The van der Waals surface area contributed by atoms with Crippen LogP contribution in [0.4, 0.5) is 0 Å². The number of hydrogen-bond donors (Lipinski definition) is 0. The van der Waals surface area contributed by atoms with Gasteiger partial charge in [0.25, 0.3) is 0 Å². The molecule has 152 valence electrons. The number of hydrogen-bond acceptors (Lipinski definition) is 6. The maximum absolute atomic E-state index is 12.7. The van der Waals surface area contributed by atoms with Crippen LogP contribution in [0.3, 0.4) is 0 Å². The number of carbonyl (C=O) groups excluding carboxylic acids is 1. The van der Waals surface area contributed by atoms with Gasteiger partial charge in [0, 0.05) is 36.5 Å². The van der Waals surface area contributed by atoms with Gasteiger partial charge in [0.2, 0.25) is 5.91 Å². The summed E-state index contributed by atoms with van der Waals surface area (Å²) in [5, 5.41) is 11.7. The first-order chi connectivity index (χ1) is 14.2. The lowest BCUT2D eigenvalue weighted by molar-refractivity contribution is -0.127. The standard InChI is InChI=1S/C21H24N4O2S2/c1-24(13-15-6-3-4-8-18(15)27-2)20(26)14-29-21-23-22-19(25(21)16-9-10-16)12-17-7-5-11-28-17/h3-8,11,16H,9-10,12-14H2,1-2H3. The van der Waals surface area contributed by atoms with E-state index in [9.17, 15) is 4.79 Å². The third-order valence-corrected chi connectivity index (χ3v) is 6.71. The Balaban J connectivity index is 1.39. The van der Waals surface area contributed by atoms with Gasteiger partial charge in [0.05, 0.1) is 12.9 Å². The molecule has 1 saturated carbocycles. The number of ether oxygens (including phenoxy) is 1. The molecule has 0 aliphatic heterocycles. The summed E-state index contributed by atoms with van der Waals surface area (Å²) >= 11 is 3.21. The van der Waals surface area contributed by atoms with Gasteiger partial charge in [-0.25, -0.2) is 0 Å². The summed E-state index contributed by atoms with van der Waals surface area (Å²) in [6.45, 7) is 0.516. The van der Waals surface area contributed by atoms with Crippen molar-refractivity contribution in [3.8, 4) is 5.75 Å². The molecule has 0 saturated heterocycles. The molecular weight excluding hydrogens is 404 g/mol. The summed E-state index contributed by atoms with van der Waals surface area (Å²) in [7, 11) is 3.47.